The van der Waals surface area contributed by atoms with E-state index in [1.54, 1.807) is 18.2 Å². The number of nitrogens with one attached hydrogen (secondary N) is 1. The van der Waals surface area contributed by atoms with Gasteiger partial charge in [-0.1, -0.05) is 0 Å². The molecule has 1 unspecified atom stereocenters. The number of carbonyl (C=O) groups excluding carboxylic acids is 1. The third kappa shape index (κ3) is 4.17. The highest BCUT2D eigenvalue weighted by atomic mass is 32.2. The van der Waals surface area contributed by atoms with Crippen LogP contribution in [0.1, 0.15) is 19.4 Å². The highest BCUT2D eigenvalue weighted by Gasteiger charge is 2.22. The summed E-state index contributed by atoms with van der Waals surface area (Å²) < 4.78 is 12.1. The zero-order valence-electron chi connectivity index (χ0n) is 14.2. The summed E-state index contributed by atoms with van der Waals surface area (Å²) in [6.45, 7) is 4.41. The third-order valence-electron chi connectivity index (χ3n) is 3.71. The van der Waals surface area contributed by atoms with E-state index >= 15 is 0 Å². The molecule has 1 N–H and O–H groups in total. The monoisotopic (exact) mass is 360 g/mol. The van der Waals surface area contributed by atoms with Crippen molar-refractivity contribution in [1.82, 2.24) is 0 Å². The number of fused-ring (bicyclic) bond motifs is 1. The minimum Gasteiger partial charge on any atom is -0.618 e. The van der Waals surface area contributed by atoms with Crippen molar-refractivity contribution < 1.29 is 19.0 Å². The molecule has 1 amide bonds. The smallest absolute Gasteiger partial charge is 0.251 e. The Bertz CT molecular complexity index is 782. The SMILES string of the molecule is CCOc1cc2c(cc1NC(=O)CSc1cccc[n+]1[O-])OC(C)C2. The molecule has 2 aromatic rings. The Morgan fingerprint density at radius 1 is 1.48 bits per heavy atom. The first-order valence-electron chi connectivity index (χ1n) is 8.14. The number of nitrogens with zero attached hydrogens (tertiary/aromatic N) is 1. The van der Waals surface area contributed by atoms with Crippen LogP contribution in [0.25, 0.3) is 0 Å². The van der Waals surface area contributed by atoms with Gasteiger partial charge in [0.25, 0.3) is 5.03 Å². The van der Waals surface area contributed by atoms with Gasteiger partial charge >= 0.3 is 0 Å². The summed E-state index contributed by atoms with van der Waals surface area (Å²) in [5.74, 6) is 1.34. The second-order valence-electron chi connectivity index (χ2n) is 5.72. The standard InChI is InChI=1S/C18H20N2O4S/c1-3-23-16-9-13-8-12(2)24-15(13)10-14(16)19-17(21)11-25-18-6-4-5-7-20(18)22/h4-7,9-10,12H,3,8,11H2,1-2H3,(H,19,21). The Balaban J connectivity index is 1.70. The molecule has 0 saturated heterocycles. The first-order valence-corrected chi connectivity index (χ1v) is 9.12. The molecule has 0 radical (unpaired) electrons. The number of ether oxygens (including phenoxy) is 2. The molecule has 25 heavy (non-hydrogen) atoms. The second kappa shape index (κ2) is 7.65. The quantitative estimate of drug-likeness (QED) is 0.487. The van der Waals surface area contributed by atoms with Crippen LogP contribution in [0.4, 0.5) is 5.69 Å². The lowest BCUT2D eigenvalue weighted by Gasteiger charge is -2.13. The second-order valence-corrected chi connectivity index (χ2v) is 6.72. The average molecular weight is 360 g/mol. The molecule has 1 aliphatic heterocycles. The molecule has 132 valence electrons. The van der Waals surface area contributed by atoms with E-state index in [1.165, 1.54) is 18.0 Å². The molecule has 7 heteroatoms. The number of hydrogen-bond acceptors (Lipinski definition) is 5. The summed E-state index contributed by atoms with van der Waals surface area (Å²) in [5, 5.41) is 14.9. The van der Waals surface area contributed by atoms with E-state index in [2.05, 4.69) is 5.32 Å². The average Bonchev–Trinajstić information content (AvgIpc) is 2.93. The van der Waals surface area contributed by atoms with Crippen LogP contribution in [0.3, 0.4) is 0 Å². The van der Waals surface area contributed by atoms with Crippen LogP contribution in [0.2, 0.25) is 0 Å². The van der Waals surface area contributed by atoms with Gasteiger partial charge in [0, 0.05) is 30.2 Å². The maximum Gasteiger partial charge on any atom is 0.251 e. The molecule has 1 aliphatic rings. The van der Waals surface area contributed by atoms with Crippen molar-refractivity contribution in [2.45, 2.75) is 31.4 Å². The van der Waals surface area contributed by atoms with E-state index < -0.39 is 0 Å². The molecule has 2 heterocycles. The van der Waals surface area contributed by atoms with Crippen LogP contribution < -0.4 is 19.5 Å². The van der Waals surface area contributed by atoms with E-state index in [0.717, 1.165) is 22.5 Å². The lowest BCUT2D eigenvalue weighted by Crippen LogP contribution is -2.28. The van der Waals surface area contributed by atoms with Crippen molar-refractivity contribution in [3.8, 4) is 11.5 Å². The normalized spacial score (nSPS) is 15.4. The number of benzene rings is 1. The number of hydrogen-bond donors (Lipinski definition) is 1. The van der Waals surface area contributed by atoms with Gasteiger partial charge in [-0.3, -0.25) is 4.79 Å². The van der Waals surface area contributed by atoms with Gasteiger partial charge in [0.15, 0.2) is 6.20 Å². The van der Waals surface area contributed by atoms with E-state index in [4.69, 9.17) is 9.47 Å². The molecule has 0 saturated carbocycles. The van der Waals surface area contributed by atoms with E-state index in [9.17, 15) is 10.0 Å². The molecule has 1 aromatic carbocycles. The molecular weight excluding hydrogens is 340 g/mol. The van der Waals surface area contributed by atoms with Crippen molar-refractivity contribution in [2.75, 3.05) is 17.7 Å². The van der Waals surface area contributed by atoms with Crippen LogP contribution >= 0.6 is 11.8 Å². The third-order valence-corrected chi connectivity index (χ3v) is 4.73. The Morgan fingerprint density at radius 2 is 2.32 bits per heavy atom. The number of amides is 1. The molecule has 3 rings (SSSR count). The fourth-order valence-electron chi connectivity index (χ4n) is 2.66. The Kier molecular flexibility index (Phi) is 5.33. The first-order chi connectivity index (χ1) is 12.1. The first kappa shape index (κ1) is 17.4. The lowest BCUT2D eigenvalue weighted by molar-refractivity contribution is -0.645. The van der Waals surface area contributed by atoms with Gasteiger partial charge in [0.1, 0.15) is 17.6 Å². The van der Waals surface area contributed by atoms with Gasteiger partial charge < -0.3 is 20.0 Å². The molecule has 0 bridgehead atoms. The molecule has 1 atom stereocenters. The Hall–Kier alpha value is -2.41. The fraction of sp³-hybridized carbons (Fsp3) is 0.333. The predicted molar refractivity (Wildman–Crippen MR) is 96.2 cm³/mol. The van der Waals surface area contributed by atoms with E-state index in [-0.39, 0.29) is 17.8 Å². The van der Waals surface area contributed by atoms with Crippen LogP contribution in [0, 0.1) is 5.21 Å². The number of carbonyl (C=O) groups is 1. The van der Waals surface area contributed by atoms with Crippen molar-refractivity contribution in [3.05, 3.63) is 47.3 Å². The van der Waals surface area contributed by atoms with Gasteiger partial charge in [-0.15, -0.1) is 0 Å². The molecule has 1 aromatic heterocycles. The minimum absolute atomic E-state index is 0.122. The highest BCUT2D eigenvalue weighted by molar-refractivity contribution is 7.99. The number of anilines is 1. The fourth-order valence-corrected chi connectivity index (χ4v) is 3.38. The minimum atomic E-state index is -0.208. The summed E-state index contributed by atoms with van der Waals surface area (Å²) in [6, 6.07) is 8.83. The summed E-state index contributed by atoms with van der Waals surface area (Å²) in [7, 11) is 0. The van der Waals surface area contributed by atoms with Crippen molar-refractivity contribution >= 4 is 23.4 Å². The van der Waals surface area contributed by atoms with Crippen LogP contribution in [0.5, 0.6) is 11.5 Å². The van der Waals surface area contributed by atoms with Crippen molar-refractivity contribution in [3.63, 3.8) is 0 Å². The number of aromatic nitrogens is 1. The van der Waals surface area contributed by atoms with Gasteiger partial charge in [-0.2, -0.15) is 4.73 Å². The molecule has 0 aliphatic carbocycles. The highest BCUT2D eigenvalue weighted by Crippen LogP contribution is 2.38. The number of thioether (sulfide) groups is 1. The molecular formula is C18H20N2O4S. The van der Waals surface area contributed by atoms with Crippen molar-refractivity contribution in [2.24, 2.45) is 0 Å². The zero-order chi connectivity index (χ0) is 17.8. The van der Waals surface area contributed by atoms with Gasteiger partial charge in [0.2, 0.25) is 5.91 Å². The largest absolute Gasteiger partial charge is 0.618 e. The zero-order valence-corrected chi connectivity index (χ0v) is 15.0. The molecule has 6 nitrogen and oxygen atoms in total. The number of pyridine rings is 1. The van der Waals surface area contributed by atoms with Crippen molar-refractivity contribution in [1.29, 1.82) is 0 Å². The Morgan fingerprint density at radius 3 is 3.08 bits per heavy atom. The lowest BCUT2D eigenvalue weighted by atomic mass is 10.1. The van der Waals surface area contributed by atoms with E-state index in [1.807, 2.05) is 26.0 Å². The van der Waals surface area contributed by atoms with Crippen LogP contribution in [-0.2, 0) is 11.2 Å². The summed E-state index contributed by atoms with van der Waals surface area (Å²) in [5.41, 5.74) is 1.67. The maximum atomic E-state index is 12.3. The van der Waals surface area contributed by atoms with Gasteiger partial charge in [-0.25, -0.2) is 0 Å². The summed E-state index contributed by atoms with van der Waals surface area (Å²) in [4.78, 5) is 12.3. The topological polar surface area (TPSA) is 74.5 Å². The predicted octanol–water partition coefficient (Wildman–Crippen LogP) is 2.77. The van der Waals surface area contributed by atoms with Crippen LogP contribution in [0.15, 0.2) is 41.6 Å². The van der Waals surface area contributed by atoms with E-state index in [0.29, 0.717) is 23.1 Å². The summed E-state index contributed by atoms with van der Waals surface area (Å²) in [6.07, 6.45) is 2.36. The summed E-state index contributed by atoms with van der Waals surface area (Å²) >= 11 is 1.19. The molecule has 0 spiro atoms. The van der Waals surface area contributed by atoms with Gasteiger partial charge in [-0.05, 0) is 37.7 Å². The van der Waals surface area contributed by atoms with Gasteiger partial charge in [0.05, 0.1) is 18.0 Å². The number of rotatable bonds is 6. The Labute approximate surface area is 150 Å². The molecule has 0 fully saturated rings. The van der Waals surface area contributed by atoms with Crippen LogP contribution in [-0.4, -0.2) is 24.4 Å². The maximum absolute atomic E-state index is 12.3.